The van der Waals surface area contributed by atoms with E-state index in [0.29, 0.717) is 5.52 Å². The molecule has 0 radical (unpaired) electrons. The summed E-state index contributed by atoms with van der Waals surface area (Å²) in [5.41, 5.74) is 6.32. The monoisotopic (exact) mass is 641 g/mol. The number of nitrogen functional groups attached to an aromatic ring is 1. The number of hydrogen-bond donors (Lipinski definition) is 1. The van der Waals surface area contributed by atoms with Crippen LogP contribution in [0.3, 0.4) is 0 Å². The Kier molecular flexibility index (Phi) is 9.30. The molecule has 0 saturated carbocycles. The zero-order valence-electron chi connectivity index (χ0n) is 26.7. The lowest BCUT2D eigenvalue weighted by molar-refractivity contribution is -0.168. The van der Waals surface area contributed by atoms with Gasteiger partial charge in [0.15, 0.2) is 26.3 Å². The number of benzene rings is 2. The number of nitrogens with zero attached hydrogens (tertiary/aromatic N) is 4. The van der Waals surface area contributed by atoms with Crippen molar-refractivity contribution in [1.82, 2.24) is 14.6 Å². The number of aromatic nitrogens is 3. The molecule has 0 spiro atoms. The van der Waals surface area contributed by atoms with Crippen LogP contribution in [0.4, 0.5) is 5.82 Å². The molecular formula is C34H39N5O6Si. The fourth-order valence-electron chi connectivity index (χ4n) is 5.21. The van der Waals surface area contributed by atoms with Crippen LogP contribution < -0.4 is 5.73 Å². The van der Waals surface area contributed by atoms with Gasteiger partial charge in [-0.3, -0.25) is 9.59 Å². The second kappa shape index (κ2) is 13.0. The van der Waals surface area contributed by atoms with Crippen molar-refractivity contribution in [2.24, 2.45) is 0 Å². The lowest BCUT2D eigenvalue weighted by Crippen LogP contribution is -2.47. The minimum atomic E-state index is -2.34. The average Bonchev–Trinajstić information content (AvgIpc) is 3.57. The number of carbonyl (C=O) groups is 2. The zero-order valence-corrected chi connectivity index (χ0v) is 27.7. The largest absolute Gasteiger partial charge is 0.455 e. The van der Waals surface area contributed by atoms with Crippen molar-refractivity contribution in [3.05, 3.63) is 95.9 Å². The minimum absolute atomic E-state index is 0.00360. The van der Waals surface area contributed by atoms with Gasteiger partial charge in [0.2, 0.25) is 5.60 Å². The first-order chi connectivity index (χ1) is 21.8. The van der Waals surface area contributed by atoms with Gasteiger partial charge in [-0.15, -0.1) is 0 Å². The highest BCUT2D eigenvalue weighted by Crippen LogP contribution is 2.45. The van der Waals surface area contributed by atoms with E-state index in [1.165, 1.54) is 10.8 Å². The molecule has 240 valence electrons. The number of anilines is 1. The molecule has 0 unspecified atom stereocenters. The van der Waals surface area contributed by atoms with Crippen molar-refractivity contribution in [2.75, 3.05) is 12.3 Å². The Morgan fingerprint density at radius 1 is 0.978 bits per heavy atom. The fraction of sp³-hybridized carbons (Fsp3) is 0.382. The number of nitrogens with two attached hydrogens (primary N) is 1. The molecule has 2 aromatic heterocycles. The van der Waals surface area contributed by atoms with E-state index >= 15 is 0 Å². The molecule has 4 atom stereocenters. The second-order valence-corrected chi connectivity index (χ2v) is 17.7. The fourth-order valence-corrected chi connectivity index (χ4v) is 6.23. The third-order valence-corrected chi connectivity index (χ3v) is 13.3. The van der Waals surface area contributed by atoms with E-state index < -0.39 is 44.2 Å². The van der Waals surface area contributed by atoms with Crippen LogP contribution in [0, 0.1) is 11.3 Å². The quantitative estimate of drug-likeness (QED) is 0.190. The van der Waals surface area contributed by atoms with Crippen LogP contribution >= 0.6 is 0 Å². The van der Waals surface area contributed by atoms with Gasteiger partial charge in [0, 0.05) is 0 Å². The lowest BCUT2D eigenvalue weighted by atomic mass is 9.92. The Labute approximate surface area is 269 Å². The molecule has 1 aliphatic heterocycles. The van der Waals surface area contributed by atoms with Gasteiger partial charge in [0.05, 0.1) is 25.1 Å². The molecule has 1 saturated heterocycles. The van der Waals surface area contributed by atoms with Gasteiger partial charge in [0.25, 0.3) is 0 Å². The summed E-state index contributed by atoms with van der Waals surface area (Å²) in [5, 5.41) is 15.1. The van der Waals surface area contributed by atoms with Crippen LogP contribution in [0.5, 0.6) is 0 Å². The van der Waals surface area contributed by atoms with Crippen molar-refractivity contribution < 1.29 is 28.2 Å². The molecule has 0 bridgehead atoms. The van der Waals surface area contributed by atoms with Crippen molar-refractivity contribution in [3.63, 3.8) is 0 Å². The summed E-state index contributed by atoms with van der Waals surface area (Å²) in [6.45, 7) is 10.5. The number of ether oxygens (including phenoxy) is 3. The Hall–Kier alpha value is -4.57. The normalized spacial score (nSPS) is 21.5. The predicted octanol–water partition coefficient (Wildman–Crippen LogP) is 4.76. The Morgan fingerprint density at radius 3 is 2.13 bits per heavy atom. The van der Waals surface area contributed by atoms with E-state index in [1.54, 1.807) is 24.3 Å². The lowest BCUT2D eigenvalue weighted by Gasteiger charge is -2.37. The highest BCUT2D eigenvalue weighted by molar-refractivity contribution is 6.74. The van der Waals surface area contributed by atoms with Crippen molar-refractivity contribution in [2.45, 2.75) is 75.7 Å². The molecule has 0 amide bonds. The van der Waals surface area contributed by atoms with Gasteiger partial charge in [-0.2, -0.15) is 10.4 Å². The summed E-state index contributed by atoms with van der Waals surface area (Å²) in [6.07, 6.45) is -2.38. The summed E-state index contributed by atoms with van der Waals surface area (Å²) in [6, 6.07) is 23.8. The Bertz CT molecular complexity index is 1730. The number of fused-ring (bicyclic) bond motifs is 1. The second-order valence-electron chi connectivity index (χ2n) is 12.9. The number of carbonyl (C=O) groups excluding carboxylic acids is 2. The van der Waals surface area contributed by atoms with Crippen LogP contribution in [0.2, 0.25) is 18.1 Å². The van der Waals surface area contributed by atoms with Gasteiger partial charge >= 0.3 is 11.9 Å². The van der Waals surface area contributed by atoms with Crippen molar-refractivity contribution >= 4 is 31.6 Å². The molecule has 0 aliphatic carbocycles. The van der Waals surface area contributed by atoms with E-state index in [0.717, 1.165) is 11.1 Å². The van der Waals surface area contributed by atoms with Gasteiger partial charge in [-0.25, -0.2) is 9.50 Å². The maximum Gasteiger partial charge on any atom is 0.310 e. The average molecular weight is 642 g/mol. The first kappa shape index (κ1) is 32.8. The van der Waals surface area contributed by atoms with Crippen molar-refractivity contribution in [1.29, 1.82) is 5.26 Å². The molecule has 5 rings (SSSR count). The molecule has 4 aromatic rings. The topological polar surface area (TPSA) is 151 Å². The van der Waals surface area contributed by atoms with Gasteiger partial charge in [0.1, 0.15) is 24.0 Å². The molecule has 3 heterocycles. The summed E-state index contributed by atoms with van der Waals surface area (Å²) in [4.78, 5) is 31.0. The molecule has 1 fully saturated rings. The zero-order chi connectivity index (χ0) is 33.1. The Morgan fingerprint density at radius 2 is 1.57 bits per heavy atom. The first-order valence-corrected chi connectivity index (χ1v) is 18.0. The van der Waals surface area contributed by atoms with E-state index in [2.05, 4.69) is 50.0 Å². The van der Waals surface area contributed by atoms with Crippen LogP contribution in [-0.4, -0.2) is 59.8 Å². The number of nitriles is 1. The molecule has 2 N–H and O–H groups in total. The maximum absolute atomic E-state index is 13.5. The SMILES string of the molecule is CC(C)(C)[Si](C)(C)OC[C@H]1O[C@@](C#N)(c2ccc3c(N)ncnn23)[C@H](OC(=O)Cc2ccccc2)[C@@H]1OC(=O)Cc1ccccc1. The first-order valence-electron chi connectivity index (χ1n) is 15.1. The van der Waals surface area contributed by atoms with Gasteiger partial charge in [-0.05, 0) is 41.4 Å². The molecule has 2 aromatic carbocycles. The van der Waals surface area contributed by atoms with E-state index in [9.17, 15) is 14.9 Å². The highest BCUT2D eigenvalue weighted by Gasteiger charge is 2.62. The maximum atomic E-state index is 13.5. The third kappa shape index (κ3) is 6.67. The molecule has 46 heavy (non-hydrogen) atoms. The molecule has 12 heteroatoms. The number of hydrogen-bond acceptors (Lipinski definition) is 10. The minimum Gasteiger partial charge on any atom is -0.455 e. The van der Waals surface area contributed by atoms with Crippen LogP contribution in [0.25, 0.3) is 5.52 Å². The summed E-state index contributed by atoms with van der Waals surface area (Å²) in [5.74, 6) is -1.00. The molecule has 11 nitrogen and oxygen atoms in total. The smallest absolute Gasteiger partial charge is 0.310 e. The Balaban J connectivity index is 1.58. The van der Waals surface area contributed by atoms with Crippen LogP contribution in [0.1, 0.15) is 37.6 Å². The van der Waals surface area contributed by atoms with Crippen LogP contribution in [-0.2, 0) is 46.7 Å². The predicted molar refractivity (Wildman–Crippen MR) is 173 cm³/mol. The van der Waals surface area contributed by atoms with E-state index in [4.69, 9.17) is 24.4 Å². The third-order valence-electron chi connectivity index (χ3n) is 8.75. The van der Waals surface area contributed by atoms with E-state index in [-0.39, 0.29) is 36.0 Å². The standard InChI is InChI=1S/C34H39N5O6Si/c1-33(2,3)46(4,5)42-20-26-30(43-28(40)18-23-12-8-6-9-13-23)31(44-29(41)19-24-14-10-7-11-15-24)34(21-35,45-26)27-17-16-25-32(36)37-22-38-39(25)27/h6-17,22,26,30-31H,18-20H2,1-5H3,(H2,36,37,38)/t26-,30-,31-,34+/m1/s1. The number of esters is 2. The highest BCUT2D eigenvalue weighted by atomic mass is 28.4. The number of rotatable bonds is 10. The van der Waals surface area contributed by atoms with Gasteiger partial charge in [-0.1, -0.05) is 81.4 Å². The van der Waals surface area contributed by atoms with E-state index in [1.807, 2.05) is 48.5 Å². The molecule has 1 aliphatic rings. The molecular weight excluding hydrogens is 602 g/mol. The summed E-state index contributed by atoms with van der Waals surface area (Å²) in [7, 11) is -2.34. The van der Waals surface area contributed by atoms with Gasteiger partial charge < -0.3 is 24.4 Å². The van der Waals surface area contributed by atoms with Crippen molar-refractivity contribution in [3.8, 4) is 6.07 Å². The summed E-state index contributed by atoms with van der Waals surface area (Å²) >= 11 is 0. The summed E-state index contributed by atoms with van der Waals surface area (Å²) < 4.78 is 26.8. The van der Waals surface area contributed by atoms with Crippen LogP contribution in [0.15, 0.2) is 79.1 Å².